The molecule has 0 radical (unpaired) electrons. The van der Waals surface area contributed by atoms with E-state index in [-0.39, 0.29) is 0 Å². The van der Waals surface area contributed by atoms with Crippen LogP contribution < -0.4 is 5.73 Å². The molecule has 3 unspecified atom stereocenters. The molecule has 3 atom stereocenters. The van der Waals surface area contributed by atoms with Crippen molar-refractivity contribution in [2.75, 3.05) is 39.3 Å². The molecule has 1 aliphatic heterocycles. The van der Waals surface area contributed by atoms with E-state index in [0.29, 0.717) is 0 Å². The Kier molecular flexibility index (Phi) is 5.46. The van der Waals surface area contributed by atoms with Crippen LogP contribution in [0.2, 0.25) is 0 Å². The van der Waals surface area contributed by atoms with E-state index in [1.165, 1.54) is 58.4 Å². The van der Waals surface area contributed by atoms with Gasteiger partial charge in [-0.05, 0) is 44.7 Å². The van der Waals surface area contributed by atoms with Gasteiger partial charge >= 0.3 is 0 Å². The number of likely N-dealkylation sites (N-methyl/N-ethyl adjacent to an activating group) is 1. The minimum Gasteiger partial charge on any atom is -0.330 e. The Balaban J connectivity index is 1.82. The Morgan fingerprint density at radius 1 is 1.11 bits per heavy atom. The number of rotatable bonds is 4. The average molecular weight is 253 g/mol. The molecule has 2 rings (SSSR count). The van der Waals surface area contributed by atoms with Gasteiger partial charge in [-0.3, -0.25) is 4.90 Å². The van der Waals surface area contributed by atoms with Crippen molar-refractivity contribution >= 4 is 0 Å². The number of hydrogen-bond donors (Lipinski definition) is 1. The summed E-state index contributed by atoms with van der Waals surface area (Å²) in [5, 5.41) is 0. The van der Waals surface area contributed by atoms with Gasteiger partial charge in [-0.2, -0.15) is 0 Å². The molecule has 1 heterocycles. The zero-order valence-corrected chi connectivity index (χ0v) is 12.3. The van der Waals surface area contributed by atoms with E-state index in [1.807, 2.05) is 0 Å². The van der Waals surface area contributed by atoms with Crippen molar-refractivity contribution in [3.05, 3.63) is 0 Å². The molecule has 3 nitrogen and oxygen atoms in total. The molecule has 3 heteroatoms. The van der Waals surface area contributed by atoms with Crippen LogP contribution in [0.3, 0.4) is 0 Å². The van der Waals surface area contributed by atoms with E-state index < -0.39 is 0 Å². The van der Waals surface area contributed by atoms with Crippen LogP contribution in [0.15, 0.2) is 0 Å². The van der Waals surface area contributed by atoms with E-state index in [2.05, 4.69) is 23.6 Å². The van der Waals surface area contributed by atoms with Crippen LogP contribution in [0.25, 0.3) is 0 Å². The first-order chi connectivity index (χ1) is 8.74. The van der Waals surface area contributed by atoms with Gasteiger partial charge in [-0.1, -0.05) is 19.8 Å². The summed E-state index contributed by atoms with van der Waals surface area (Å²) in [5.41, 5.74) is 5.94. The van der Waals surface area contributed by atoms with Gasteiger partial charge in [0.2, 0.25) is 0 Å². The topological polar surface area (TPSA) is 32.5 Å². The van der Waals surface area contributed by atoms with Crippen LogP contribution in [0.1, 0.15) is 39.5 Å². The summed E-state index contributed by atoms with van der Waals surface area (Å²) in [7, 11) is 0. The van der Waals surface area contributed by atoms with Crippen molar-refractivity contribution in [1.29, 1.82) is 0 Å². The van der Waals surface area contributed by atoms with Crippen LogP contribution >= 0.6 is 0 Å². The summed E-state index contributed by atoms with van der Waals surface area (Å²) in [5.74, 6) is 1.65. The maximum Gasteiger partial charge on any atom is 0.0195 e. The Labute approximate surface area is 113 Å². The van der Waals surface area contributed by atoms with Gasteiger partial charge < -0.3 is 10.6 Å². The summed E-state index contributed by atoms with van der Waals surface area (Å²) < 4.78 is 0. The molecule has 0 bridgehead atoms. The van der Waals surface area contributed by atoms with Crippen LogP contribution in [0.5, 0.6) is 0 Å². The second-order valence-electron chi connectivity index (χ2n) is 6.28. The van der Waals surface area contributed by atoms with E-state index in [0.717, 1.165) is 24.4 Å². The molecule has 0 aromatic rings. The maximum absolute atomic E-state index is 5.94. The third-order valence-electron chi connectivity index (χ3n) is 5.12. The standard InChI is InChI=1S/C15H31N3/c1-3-18-9-8-17(11-13(18)2)12-15-7-5-4-6-14(15)10-16/h13-15H,3-12,16H2,1-2H3. The van der Waals surface area contributed by atoms with Gasteiger partial charge in [0.1, 0.15) is 0 Å². The first kappa shape index (κ1) is 14.3. The molecule has 0 aromatic heterocycles. The van der Waals surface area contributed by atoms with Crippen molar-refractivity contribution in [1.82, 2.24) is 9.80 Å². The Morgan fingerprint density at radius 2 is 1.83 bits per heavy atom. The first-order valence-corrected chi connectivity index (χ1v) is 7.91. The molecular formula is C15H31N3. The summed E-state index contributed by atoms with van der Waals surface area (Å²) >= 11 is 0. The van der Waals surface area contributed by atoms with Crippen molar-refractivity contribution < 1.29 is 0 Å². The van der Waals surface area contributed by atoms with Crippen molar-refractivity contribution in [3.8, 4) is 0 Å². The number of nitrogens with zero attached hydrogens (tertiary/aromatic N) is 2. The van der Waals surface area contributed by atoms with Crippen molar-refractivity contribution in [2.24, 2.45) is 17.6 Å². The lowest BCUT2D eigenvalue weighted by molar-refractivity contribution is 0.0616. The van der Waals surface area contributed by atoms with Crippen LogP contribution in [-0.4, -0.2) is 55.1 Å². The largest absolute Gasteiger partial charge is 0.330 e. The van der Waals surface area contributed by atoms with Crippen LogP contribution in [0.4, 0.5) is 0 Å². The Morgan fingerprint density at radius 3 is 2.44 bits per heavy atom. The zero-order chi connectivity index (χ0) is 13.0. The zero-order valence-electron chi connectivity index (χ0n) is 12.3. The number of piperazine rings is 1. The van der Waals surface area contributed by atoms with Crippen LogP contribution in [-0.2, 0) is 0 Å². The fourth-order valence-corrected chi connectivity index (χ4v) is 3.87. The second kappa shape index (κ2) is 6.88. The highest BCUT2D eigenvalue weighted by Crippen LogP contribution is 2.30. The fraction of sp³-hybridized carbons (Fsp3) is 1.00. The van der Waals surface area contributed by atoms with Gasteiger partial charge in [-0.25, -0.2) is 0 Å². The predicted octanol–water partition coefficient (Wildman–Crippen LogP) is 1.78. The first-order valence-electron chi connectivity index (χ1n) is 7.91. The minimum absolute atomic E-state index is 0.726. The maximum atomic E-state index is 5.94. The molecule has 0 aromatic carbocycles. The smallest absolute Gasteiger partial charge is 0.0195 e. The highest BCUT2D eigenvalue weighted by molar-refractivity contribution is 4.83. The lowest BCUT2D eigenvalue weighted by Crippen LogP contribution is -2.53. The minimum atomic E-state index is 0.726. The quantitative estimate of drug-likeness (QED) is 0.829. The van der Waals surface area contributed by atoms with Gasteiger partial charge in [0.15, 0.2) is 0 Å². The van der Waals surface area contributed by atoms with Crippen molar-refractivity contribution in [2.45, 2.75) is 45.6 Å². The lowest BCUT2D eigenvalue weighted by atomic mass is 9.79. The van der Waals surface area contributed by atoms with Gasteiger partial charge in [0, 0.05) is 32.2 Å². The fourth-order valence-electron chi connectivity index (χ4n) is 3.87. The molecule has 1 saturated heterocycles. The average Bonchev–Trinajstić information content (AvgIpc) is 2.39. The van der Waals surface area contributed by atoms with Gasteiger partial charge in [0.05, 0.1) is 0 Å². The summed E-state index contributed by atoms with van der Waals surface area (Å²) in [6.07, 6.45) is 5.60. The molecule has 2 N–H and O–H groups in total. The van der Waals surface area contributed by atoms with E-state index in [4.69, 9.17) is 5.73 Å². The van der Waals surface area contributed by atoms with E-state index in [1.54, 1.807) is 0 Å². The third kappa shape index (κ3) is 3.46. The molecule has 106 valence electrons. The molecule has 1 saturated carbocycles. The molecule has 2 aliphatic rings. The summed E-state index contributed by atoms with van der Waals surface area (Å²) in [6.45, 7) is 11.8. The molecular weight excluding hydrogens is 222 g/mol. The molecule has 0 amide bonds. The monoisotopic (exact) mass is 253 g/mol. The number of hydrogen-bond acceptors (Lipinski definition) is 3. The lowest BCUT2D eigenvalue weighted by Gasteiger charge is -2.42. The third-order valence-corrected chi connectivity index (χ3v) is 5.12. The molecule has 18 heavy (non-hydrogen) atoms. The normalized spacial score (nSPS) is 35.8. The highest BCUT2D eigenvalue weighted by atomic mass is 15.3. The SMILES string of the molecule is CCN1CCN(CC2CCCCC2CN)CC1C. The van der Waals surface area contributed by atoms with Crippen LogP contribution in [0, 0.1) is 11.8 Å². The van der Waals surface area contributed by atoms with E-state index in [9.17, 15) is 0 Å². The highest BCUT2D eigenvalue weighted by Gasteiger charge is 2.28. The summed E-state index contributed by atoms with van der Waals surface area (Å²) in [6, 6.07) is 0.726. The number of nitrogens with two attached hydrogens (primary N) is 1. The Hall–Kier alpha value is -0.120. The second-order valence-corrected chi connectivity index (χ2v) is 6.28. The predicted molar refractivity (Wildman–Crippen MR) is 77.7 cm³/mol. The van der Waals surface area contributed by atoms with Gasteiger partial charge in [0.25, 0.3) is 0 Å². The Bertz CT molecular complexity index is 244. The molecule has 1 aliphatic carbocycles. The molecule has 2 fully saturated rings. The van der Waals surface area contributed by atoms with Crippen molar-refractivity contribution in [3.63, 3.8) is 0 Å². The molecule has 0 spiro atoms. The van der Waals surface area contributed by atoms with E-state index >= 15 is 0 Å². The van der Waals surface area contributed by atoms with Gasteiger partial charge in [-0.15, -0.1) is 0 Å². The summed E-state index contributed by atoms with van der Waals surface area (Å²) in [4.78, 5) is 5.28.